The highest BCUT2D eigenvalue weighted by Crippen LogP contribution is 2.13. The van der Waals surface area contributed by atoms with Gasteiger partial charge in [0, 0.05) is 0 Å². The number of hydrogen-bond acceptors (Lipinski definition) is 3. The number of carbonyl (C=O) groups is 1. The second kappa shape index (κ2) is 6.93. The number of benzene rings is 2. The molecule has 0 aliphatic rings. The van der Waals surface area contributed by atoms with Crippen molar-refractivity contribution in [2.45, 2.75) is 26.4 Å². The largest absolute Gasteiger partial charge is 0.514 e. The van der Waals surface area contributed by atoms with Crippen molar-refractivity contribution in [2.75, 3.05) is 0 Å². The molecule has 0 atom stereocenters. The first-order valence-electron chi connectivity index (χ1n) is 6.63. The summed E-state index contributed by atoms with van der Waals surface area (Å²) in [4.78, 5) is 11.6. The smallest absolute Gasteiger partial charge is 0.428 e. The van der Waals surface area contributed by atoms with Gasteiger partial charge in [-0.25, -0.2) is 4.79 Å². The predicted molar refractivity (Wildman–Crippen MR) is 77.1 cm³/mol. The zero-order chi connectivity index (χ0) is 15.3. The van der Waals surface area contributed by atoms with Crippen LogP contribution in [0, 0.1) is 7.14 Å². The zero-order valence-electron chi connectivity index (χ0n) is 12.3. The molecule has 0 amide bonds. The van der Waals surface area contributed by atoms with E-state index in [9.17, 15) is 4.79 Å². The number of hydrogen-bond donors (Lipinski definition) is 0. The molecule has 21 heavy (non-hydrogen) atoms. The van der Waals surface area contributed by atoms with Crippen LogP contribution in [-0.2, 0) is 4.74 Å². The van der Waals surface area contributed by atoms with Crippen LogP contribution in [0.1, 0.15) is 20.8 Å². The van der Waals surface area contributed by atoms with Crippen molar-refractivity contribution in [2.24, 2.45) is 0 Å². The Morgan fingerprint density at radius 1 is 0.905 bits per heavy atom. The van der Waals surface area contributed by atoms with Crippen LogP contribution in [0.5, 0.6) is 5.75 Å². The van der Waals surface area contributed by atoms with Gasteiger partial charge in [0.2, 0.25) is 0 Å². The Balaban J connectivity index is 1.95. The lowest BCUT2D eigenvalue weighted by Gasteiger charge is -2.18. The summed E-state index contributed by atoms with van der Waals surface area (Å²) in [6, 6.07) is 18.0. The minimum absolute atomic E-state index is 0.200. The minimum atomic E-state index is -0.673. The van der Waals surface area contributed by atoms with E-state index >= 15 is 0 Å². The van der Waals surface area contributed by atoms with E-state index in [1.165, 1.54) is 7.14 Å². The molecule has 0 fully saturated rings. The molecule has 0 aliphatic carbocycles. The zero-order valence-corrected chi connectivity index (χ0v) is 14.5. The van der Waals surface area contributed by atoms with Crippen molar-refractivity contribution >= 4 is 6.16 Å². The summed E-state index contributed by atoms with van der Waals surface area (Å²) in [6.45, 7) is 5.42. The maximum atomic E-state index is 11.6. The molecular weight excluding hydrogens is 379 g/mol. The number of halogens is 1. The van der Waals surface area contributed by atoms with Crippen molar-refractivity contribution in [1.82, 2.24) is 0 Å². The molecule has 0 heterocycles. The summed E-state index contributed by atoms with van der Waals surface area (Å²) in [5.41, 5.74) is -0.546. The molecule has 4 heteroatoms. The van der Waals surface area contributed by atoms with Gasteiger partial charge in [-0.3, -0.25) is 0 Å². The van der Waals surface area contributed by atoms with Gasteiger partial charge in [0.05, 0.1) is 0 Å². The Bertz CT molecular complexity index is 586. The molecule has 2 rings (SSSR count). The minimum Gasteiger partial charge on any atom is -0.428 e. The lowest BCUT2D eigenvalue weighted by molar-refractivity contribution is -0.597. The van der Waals surface area contributed by atoms with E-state index in [2.05, 4.69) is 24.3 Å². The van der Waals surface area contributed by atoms with Crippen molar-refractivity contribution in [1.29, 1.82) is 0 Å². The second-order valence-corrected chi connectivity index (χ2v) is 8.44. The van der Waals surface area contributed by atoms with Gasteiger partial charge in [-0.15, -0.1) is 0 Å². The Hall–Kier alpha value is -1.56. The summed E-state index contributed by atoms with van der Waals surface area (Å²) in [6.07, 6.45) is -0.673. The predicted octanol–water partition coefficient (Wildman–Crippen LogP) is 1.13. The molecule has 3 nitrogen and oxygen atoms in total. The van der Waals surface area contributed by atoms with Crippen molar-refractivity contribution in [3.63, 3.8) is 0 Å². The van der Waals surface area contributed by atoms with Crippen LogP contribution in [0.2, 0.25) is 0 Å². The quantitative estimate of drug-likeness (QED) is 0.443. The third kappa shape index (κ3) is 5.75. The fourth-order valence-electron chi connectivity index (χ4n) is 1.54. The fraction of sp³-hybridized carbons (Fsp3) is 0.235. The SMILES string of the molecule is CC(C)(C)OC(=O)Oc1ccc([I+]c2ccccc2)cc1. The van der Waals surface area contributed by atoms with Crippen LogP contribution in [-0.4, -0.2) is 11.8 Å². The topological polar surface area (TPSA) is 35.5 Å². The second-order valence-electron chi connectivity index (χ2n) is 5.41. The average Bonchev–Trinajstić information content (AvgIpc) is 2.40. The van der Waals surface area contributed by atoms with Gasteiger partial charge < -0.3 is 9.47 Å². The summed E-state index contributed by atoms with van der Waals surface area (Å²) in [7, 11) is 0. The molecular formula is C17H18IO3+. The van der Waals surface area contributed by atoms with Crippen LogP contribution in [0.25, 0.3) is 0 Å². The standard InChI is InChI=1S/C17H18IO3/c1-17(2,3)21-16(19)20-15-11-9-14(10-12-15)18-13-7-5-4-6-8-13/h4-12H,1-3H3/q+1. The van der Waals surface area contributed by atoms with Crippen molar-refractivity contribution < 1.29 is 35.5 Å². The van der Waals surface area contributed by atoms with E-state index in [0.717, 1.165) is 0 Å². The molecule has 0 N–H and O–H groups in total. The summed E-state index contributed by atoms with van der Waals surface area (Å²) >= 11 is -0.200. The van der Waals surface area contributed by atoms with Crippen molar-refractivity contribution in [3.05, 3.63) is 61.7 Å². The molecule has 0 saturated heterocycles. The summed E-state index contributed by atoms with van der Waals surface area (Å²) < 4.78 is 12.9. The van der Waals surface area contributed by atoms with E-state index in [1.54, 1.807) is 0 Å². The summed E-state index contributed by atoms with van der Waals surface area (Å²) in [5, 5.41) is 0. The Morgan fingerprint density at radius 2 is 1.48 bits per heavy atom. The monoisotopic (exact) mass is 397 g/mol. The summed E-state index contributed by atoms with van der Waals surface area (Å²) in [5.74, 6) is 0.505. The van der Waals surface area contributed by atoms with E-state index in [0.29, 0.717) is 5.75 Å². The molecule has 0 saturated carbocycles. The van der Waals surface area contributed by atoms with Gasteiger partial charge in [-0.2, -0.15) is 0 Å². The van der Waals surface area contributed by atoms with Gasteiger partial charge in [0.1, 0.15) is 11.4 Å². The Kier molecular flexibility index (Phi) is 5.22. The number of carbonyl (C=O) groups excluding carboxylic acids is 1. The van der Waals surface area contributed by atoms with E-state index in [1.807, 2.05) is 51.1 Å². The Labute approximate surface area is 135 Å². The average molecular weight is 397 g/mol. The number of rotatable bonds is 3. The van der Waals surface area contributed by atoms with Gasteiger partial charge in [-0.1, -0.05) is 18.2 Å². The maximum absolute atomic E-state index is 11.6. The van der Waals surface area contributed by atoms with Crippen LogP contribution in [0.4, 0.5) is 4.79 Å². The van der Waals surface area contributed by atoms with Crippen LogP contribution in [0.15, 0.2) is 54.6 Å². The fourth-order valence-corrected chi connectivity index (χ4v) is 3.75. The highest BCUT2D eigenvalue weighted by molar-refractivity contribution is 5.64. The molecule has 2 aromatic carbocycles. The molecule has 0 aliphatic heterocycles. The van der Waals surface area contributed by atoms with Crippen LogP contribution >= 0.6 is 0 Å². The van der Waals surface area contributed by atoms with E-state index < -0.39 is 11.8 Å². The lowest BCUT2D eigenvalue weighted by Crippen LogP contribution is -3.61. The molecule has 0 unspecified atom stereocenters. The van der Waals surface area contributed by atoms with Gasteiger partial charge in [-0.05, 0) is 57.2 Å². The first kappa shape index (κ1) is 15.8. The molecule has 0 aromatic heterocycles. The highest BCUT2D eigenvalue weighted by atomic mass is 127. The molecule has 110 valence electrons. The van der Waals surface area contributed by atoms with E-state index in [4.69, 9.17) is 9.47 Å². The van der Waals surface area contributed by atoms with Gasteiger partial charge in [0.25, 0.3) is 0 Å². The normalized spacial score (nSPS) is 11.0. The number of ether oxygens (including phenoxy) is 2. The third-order valence-electron chi connectivity index (χ3n) is 2.36. The highest BCUT2D eigenvalue weighted by Gasteiger charge is 2.19. The van der Waals surface area contributed by atoms with Gasteiger partial charge >= 0.3 is 27.4 Å². The van der Waals surface area contributed by atoms with Crippen molar-refractivity contribution in [3.8, 4) is 5.75 Å². The first-order valence-corrected chi connectivity index (χ1v) is 8.79. The lowest BCUT2D eigenvalue weighted by atomic mass is 10.2. The maximum Gasteiger partial charge on any atom is 0.514 e. The van der Waals surface area contributed by atoms with Crippen LogP contribution in [0.3, 0.4) is 0 Å². The van der Waals surface area contributed by atoms with Gasteiger partial charge in [0.15, 0.2) is 7.14 Å². The molecule has 0 spiro atoms. The molecule has 2 aromatic rings. The third-order valence-corrected chi connectivity index (χ3v) is 5.04. The molecule has 0 radical (unpaired) electrons. The van der Waals surface area contributed by atoms with E-state index in [-0.39, 0.29) is 21.2 Å². The molecule has 0 bridgehead atoms. The Morgan fingerprint density at radius 3 is 2.05 bits per heavy atom. The first-order chi connectivity index (χ1) is 9.92. The van der Waals surface area contributed by atoms with Crippen LogP contribution < -0.4 is 25.9 Å².